The van der Waals surface area contributed by atoms with Crippen LogP contribution in [0.1, 0.15) is 44.2 Å². The van der Waals surface area contributed by atoms with Gasteiger partial charge in [0.1, 0.15) is 0 Å². The maximum Gasteiger partial charge on any atom is 0.0340 e. The van der Waals surface area contributed by atoms with Crippen LogP contribution in [-0.2, 0) is 6.42 Å². The van der Waals surface area contributed by atoms with Crippen molar-refractivity contribution in [1.29, 1.82) is 0 Å². The topological polar surface area (TPSA) is 0 Å². The third-order valence-electron chi connectivity index (χ3n) is 3.74. The molecule has 0 fully saturated rings. The Labute approximate surface area is 108 Å². The number of hydrogen-bond donors (Lipinski definition) is 0. The molecule has 0 spiro atoms. The number of unbranched alkanes of at least 4 members (excludes halogenated alkanes) is 1. The third kappa shape index (κ3) is 2.78. The predicted octanol–water partition coefficient (Wildman–Crippen LogP) is 3.46. The molecule has 0 atom stereocenters. The summed E-state index contributed by atoms with van der Waals surface area (Å²) in [5.41, 5.74) is 5.87. The van der Waals surface area contributed by atoms with E-state index in [1.807, 2.05) is 0 Å². The Morgan fingerprint density at radius 1 is 1.18 bits per heavy atom. The molecular weight excluding hydrogens is 220 g/mol. The van der Waals surface area contributed by atoms with Gasteiger partial charge in [0.15, 0.2) is 0 Å². The first-order valence-electron chi connectivity index (χ1n) is 6.68. The molecule has 0 aromatic heterocycles. The lowest BCUT2D eigenvalue weighted by Gasteiger charge is -2.07. The van der Waals surface area contributed by atoms with Gasteiger partial charge in [0.05, 0.1) is 0 Å². The summed E-state index contributed by atoms with van der Waals surface area (Å²) in [4.78, 5) is 0. The fraction of sp³-hybridized carbons (Fsp3) is 0.375. The van der Waals surface area contributed by atoms with E-state index in [-0.39, 0.29) is 0 Å². The van der Waals surface area contributed by atoms with Crippen molar-refractivity contribution in [3.8, 4) is 0 Å². The minimum atomic E-state index is 1.19. The molecule has 1 aliphatic rings. The molecule has 0 aliphatic heterocycles. The Kier molecular flexibility index (Phi) is 4.00. The molecule has 17 heavy (non-hydrogen) atoms. The van der Waals surface area contributed by atoms with Crippen LogP contribution < -0.4 is 0 Å². The van der Waals surface area contributed by atoms with Crippen molar-refractivity contribution in [3.63, 3.8) is 0 Å². The zero-order valence-corrected chi connectivity index (χ0v) is 13.2. The van der Waals surface area contributed by atoms with Gasteiger partial charge in [-0.05, 0) is 48.5 Å². The van der Waals surface area contributed by atoms with E-state index in [0.29, 0.717) is 0 Å². The van der Waals surface area contributed by atoms with Crippen molar-refractivity contribution < 1.29 is 0 Å². The molecule has 0 bridgehead atoms. The van der Waals surface area contributed by atoms with Crippen molar-refractivity contribution in [2.75, 3.05) is 0 Å². The Hall–Kier alpha value is -1.08. The zero-order valence-electron chi connectivity index (χ0n) is 11.2. The highest BCUT2D eigenvalue weighted by molar-refractivity contribution is 6.24. The first-order chi connectivity index (χ1) is 8.22. The number of aryl methyl sites for hydroxylation is 1. The molecule has 2 rings (SSSR count). The largest absolute Gasteiger partial charge is 0.0846 e. The van der Waals surface area contributed by atoms with Gasteiger partial charge < -0.3 is 0 Å². The summed E-state index contributed by atoms with van der Waals surface area (Å²) in [5.74, 6) is 0. The minimum Gasteiger partial charge on any atom is -0.0846 e. The zero-order chi connectivity index (χ0) is 12.3. The van der Waals surface area contributed by atoms with Gasteiger partial charge in [0, 0.05) is 10.2 Å². The van der Waals surface area contributed by atoms with Crippen molar-refractivity contribution in [2.45, 2.75) is 39.5 Å². The molecule has 90 valence electrons. The van der Waals surface area contributed by atoms with E-state index in [2.05, 4.69) is 44.2 Å². The van der Waals surface area contributed by atoms with Crippen LogP contribution in [0.25, 0.3) is 5.57 Å². The number of rotatable bonds is 4. The fourth-order valence-electron chi connectivity index (χ4n) is 2.36. The van der Waals surface area contributed by atoms with Gasteiger partial charge in [-0.3, -0.25) is 0 Å². The van der Waals surface area contributed by atoms with E-state index in [0.717, 1.165) is 0 Å². The van der Waals surface area contributed by atoms with E-state index < -0.39 is 0 Å². The monoisotopic (exact) mass is 242 g/mol. The highest BCUT2D eigenvalue weighted by atomic mass is 28.1. The summed E-state index contributed by atoms with van der Waals surface area (Å²) in [6, 6.07) is 9.18. The number of benzene rings is 1. The number of allylic oxidation sites excluding steroid dienone is 4. The predicted molar refractivity (Wildman–Crippen MR) is 80.3 cm³/mol. The third-order valence-corrected chi connectivity index (χ3v) is 4.90. The second-order valence-corrected chi connectivity index (χ2v) is 6.23. The van der Waals surface area contributed by atoms with Crippen LogP contribution in [0.3, 0.4) is 0 Å². The first kappa shape index (κ1) is 12.4. The van der Waals surface area contributed by atoms with E-state index in [9.17, 15) is 0 Å². The van der Waals surface area contributed by atoms with Crippen LogP contribution in [0.5, 0.6) is 0 Å². The summed E-state index contributed by atoms with van der Waals surface area (Å²) in [6.07, 6.45) is 7.37. The highest BCUT2D eigenvalue weighted by Crippen LogP contribution is 2.31. The minimum absolute atomic E-state index is 1.19. The van der Waals surface area contributed by atoms with Crippen molar-refractivity contribution in [1.82, 2.24) is 0 Å². The van der Waals surface area contributed by atoms with Crippen LogP contribution >= 0.6 is 0 Å². The first-order valence-corrected chi connectivity index (χ1v) is 7.68. The maximum atomic E-state index is 2.39. The molecule has 0 N–H and O–H groups in total. The van der Waals surface area contributed by atoms with Gasteiger partial charge in [-0.15, -0.1) is 0 Å². The normalized spacial score (nSPS) is 15.5. The lowest BCUT2D eigenvalue weighted by Crippen LogP contribution is -1.88. The standard InChI is InChI=1S/C16H22Si/c1-3-4-5-13-6-8-14(9-7-13)15-10-11-16(17)12(15)2/h6-10H,3-5,11H2,1-2,17H3. The summed E-state index contributed by atoms with van der Waals surface area (Å²) in [5, 5.41) is 1.65. The Morgan fingerprint density at radius 2 is 1.88 bits per heavy atom. The average molecular weight is 242 g/mol. The summed E-state index contributed by atoms with van der Waals surface area (Å²) < 4.78 is 0. The maximum absolute atomic E-state index is 2.39. The fourth-order valence-corrected chi connectivity index (χ4v) is 2.83. The van der Waals surface area contributed by atoms with Crippen LogP contribution in [0.4, 0.5) is 0 Å². The Bertz CT molecular complexity index is 449. The molecule has 0 unspecified atom stereocenters. The second-order valence-electron chi connectivity index (χ2n) is 5.03. The summed E-state index contributed by atoms with van der Waals surface area (Å²) in [7, 11) is 1.20. The Morgan fingerprint density at radius 3 is 2.41 bits per heavy atom. The van der Waals surface area contributed by atoms with Gasteiger partial charge in [-0.2, -0.15) is 0 Å². The SMILES string of the molecule is CCCCc1ccc(C2=CCC([SiH3])=C2C)cc1. The van der Waals surface area contributed by atoms with Crippen molar-refractivity contribution >= 4 is 15.8 Å². The molecule has 0 saturated heterocycles. The van der Waals surface area contributed by atoms with Crippen LogP contribution in [0.2, 0.25) is 0 Å². The Balaban J connectivity index is 2.14. The molecule has 1 aromatic carbocycles. The molecular formula is C16H22Si. The molecule has 0 saturated carbocycles. The number of hydrogen-bond acceptors (Lipinski definition) is 0. The van der Waals surface area contributed by atoms with Crippen LogP contribution in [0.15, 0.2) is 41.1 Å². The average Bonchev–Trinajstić information content (AvgIpc) is 2.68. The summed E-state index contributed by atoms with van der Waals surface area (Å²) in [6.45, 7) is 4.52. The smallest absolute Gasteiger partial charge is 0.0340 e. The van der Waals surface area contributed by atoms with E-state index in [1.54, 1.807) is 5.20 Å². The highest BCUT2D eigenvalue weighted by Gasteiger charge is 2.11. The van der Waals surface area contributed by atoms with E-state index in [4.69, 9.17) is 0 Å². The van der Waals surface area contributed by atoms with Gasteiger partial charge in [0.2, 0.25) is 0 Å². The molecule has 1 aliphatic carbocycles. The second kappa shape index (κ2) is 5.50. The lowest BCUT2D eigenvalue weighted by molar-refractivity contribution is 0.795. The van der Waals surface area contributed by atoms with E-state index >= 15 is 0 Å². The molecule has 0 nitrogen and oxygen atoms in total. The van der Waals surface area contributed by atoms with Crippen LogP contribution in [-0.4, -0.2) is 10.2 Å². The van der Waals surface area contributed by atoms with Gasteiger partial charge >= 0.3 is 0 Å². The quantitative estimate of drug-likeness (QED) is 0.709. The van der Waals surface area contributed by atoms with Crippen molar-refractivity contribution in [3.05, 3.63) is 52.2 Å². The molecule has 1 heteroatoms. The van der Waals surface area contributed by atoms with E-state index in [1.165, 1.54) is 58.2 Å². The van der Waals surface area contributed by atoms with Gasteiger partial charge in [-0.1, -0.05) is 48.9 Å². The molecule has 1 aromatic rings. The van der Waals surface area contributed by atoms with Crippen molar-refractivity contribution in [2.24, 2.45) is 0 Å². The van der Waals surface area contributed by atoms with Gasteiger partial charge in [0.25, 0.3) is 0 Å². The molecule has 0 radical (unpaired) electrons. The van der Waals surface area contributed by atoms with Crippen LogP contribution in [0, 0.1) is 0 Å². The van der Waals surface area contributed by atoms with Gasteiger partial charge in [-0.25, -0.2) is 0 Å². The lowest BCUT2D eigenvalue weighted by atomic mass is 9.99. The molecule has 0 amide bonds. The molecule has 0 heterocycles. The summed E-state index contributed by atoms with van der Waals surface area (Å²) >= 11 is 0.